The maximum absolute atomic E-state index is 10.0. The fraction of sp³-hybridized carbons (Fsp3) is 0.727. The molecule has 0 saturated carbocycles. The van der Waals surface area contributed by atoms with E-state index < -0.39 is 0 Å². The smallest absolute Gasteiger partial charge is 0.198 e. The normalized spacial score (nSPS) is 13.5. The molecule has 1 nitrogen and oxygen atoms in total. The largest absolute Gasteiger partial charge is 0.291 e. The number of unbranched alkanes of at least 4 members (excludes halogenated alkanes) is 1. The van der Waals surface area contributed by atoms with E-state index in [4.69, 9.17) is 0 Å². The summed E-state index contributed by atoms with van der Waals surface area (Å²) in [5.74, 6) is 0.512. The zero-order valence-corrected chi connectivity index (χ0v) is 8.18. The molecule has 12 heavy (non-hydrogen) atoms. The molecule has 0 heterocycles. The van der Waals surface area contributed by atoms with Gasteiger partial charge in [-0.3, -0.25) is 4.79 Å². The first kappa shape index (κ1) is 11.4. The molecule has 1 atom stereocenters. The summed E-state index contributed by atoms with van der Waals surface area (Å²) in [4.78, 5) is 10.0. The minimum atomic E-state index is 0.512. The molecule has 0 aromatic carbocycles. The third kappa shape index (κ3) is 7.52. The molecule has 0 aliphatic heterocycles. The van der Waals surface area contributed by atoms with Gasteiger partial charge in [-0.1, -0.05) is 26.0 Å². The fourth-order valence-corrected chi connectivity index (χ4v) is 1.11. The summed E-state index contributed by atoms with van der Waals surface area (Å²) in [5.41, 5.74) is 0. The van der Waals surface area contributed by atoms with Crippen LogP contribution in [0.1, 0.15) is 46.0 Å². The number of hydrogen-bond donors (Lipinski definition) is 0. The van der Waals surface area contributed by atoms with Crippen molar-refractivity contribution in [1.29, 1.82) is 0 Å². The van der Waals surface area contributed by atoms with E-state index in [1.807, 2.05) is 6.29 Å². The maximum atomic E-state index is 10.0. The van der Waals surface area contributed by atoms with Crippen molar-refractivity contribution in [2.24, 2.45) is 5.92 Å². The molecule has 0 spiro atoms. The summed E-state index contributed by atoms with van der Waals surface area (Å²) < 4.78 is 0. The van der Waals surface area contributed by atoms with Gasteiger partial charge in [-0.25, -0.2) is 0 Å². The number of carbonyl (C=O) groups excluding carboxylic acids is 1. The summed E-state index contributed by atoms with van der Waals surface area (Å²) in [7, 11) is 0. The lowest BCUT2D eigenvalue weighted by molar-refractivity contribution is 0.494. The summed E-state index contributed by atoms with van der Waals surface area (Å²) in [6, 6.07) is 0. The van der Waals surface area contributed by atoms with Crippen LogP contribution in [0.5, 0.6) is 0 Å². The predicted molar refractivity (Wildman–Crippen MR) is 52.8 cm³/mol. The standard InChI is InChI=1S/C11H19O/c1-3-4-5-6-7-8-11(2)9-10-12/h4-5,11H,3,6-9H2,1-2H3. The highest BCUT2D eigenvalue weighted by Gasteiger charge is 1.99. The first-order valence-corrected chi connectivity index (χ1v) is 4.81. The molecule has 0 aliphatic carbocycles. The summed E-state index contributed by atoms with van der Waals surface area (Å²) in [6.07, 6.45) is 11.6. The van der Waals surface area contributed by atoms with Gasteiger partial charge in [0.2, 0.25) is 0 Å². The van der Waals surface area contributed by atoms with E-state index in [1.54, 1.807) is 0 Å². The van der Waals surface area contributed by atoms with Gasteiger partial charge in [0.25, 0.3) is 0 Å². The Kier molecular flexibility index (Phi) is 8.09. The molecule has 1 unspecified atom stereocenters. The first-order chi connectivity index (χ1) is 5.81. The molecule has 1 radical (unpaired) electrons. The lowest BCUT2D eigenvalue weighted by Crippen LogP contribution is -1.94. The van der Waals surface area contributed by atoms with Gasteiger partial charge in [0.05, 0.1) is 0 Å². The zero-order chi connectivity index (χ0) is 9.23. The van der Waals surface area contributed by atoms with Crippen LogP contribution in [-0.4, -0.2) is 6.29 Å². The molecule has 0 amide bonds. The Morgan fingerprint density at radius 3 is 2.75 bits per heavy atom. The van der Waals surface area contributed by atoms with Crippen LogP contribution in [0.15, 0.2) is 12.2 Å². The molecule has 0 aromatic rings. The van der Waals surface area contributed by atoms with E-state index in [0.29, 0.717) is 12.3 Å². The van der Waals surface area contributed by atoms with Crippen molar-refractivity contribution < 1.29 is 4.79 Å². The first-order valence-electron chi connectivity index (χ1n) is 4.81. The van der Waals surface area contributed by atoms with Gasteiger partial charge in [-0.15, -0.1) is 0 Å². The van der Waals surface area contributed by atoms with Gasteiger partial charge in [0.1, 0.15) is 0 Å². The molecule has 0 aromatic heterocycles. The van der Waals surface area contributed by atoms with Gasteiger partial charge in [0.15, 0.2) is 6.29 Å². The van der Waals surface area contributed by atoms with Crippen LogP contribution in [0.2, 0.25) is 0 Å². The van der Waals surface area contributed by atoms with Crippen LogP contribution >= 0.6 is 0 Å². The Morgan fingerprint density at radius 1 is 1.42 bits per heavy atom. The minimum Gasteiger partial charge on any atom is -0.291 e. The third-order valence-corrected chi connectivity index (χ3v) is 1.90. The molecule has 0 fully saturated rings. The summed E-state index contributed by atoms with van der Waals surface area (Å²) >= 11 is 0. The van der Waals surface area contributed by atoms with Crippen molar-refractivity contribution in [1.82, 2.24) is 0 Å². The van der Waals surface area contributed by atoms with Crippen LogP contribution in [0.3, 0.4) is 0 Å². The second-order valence-electron chi connectivity index (χ2n) is 3.26. The molecule has 69 valence electrons. The molecule has 0 saturated heterocycles. The highest BCUT2D eigenvalue weighted by Crippen LogP contribution is 2.10. The van der Waals surface area contributed by atoms with E-state index in [-0.39, 0.29) is 0 Å². The van der Waals surface area contributed by atoms with E-state index in [1.165, 1.54) is 6.42 Å². The van der Waals surface area contributed by atoms with Crippen molar-refractivity contribution in [3.63, 3.8) is 0 Å². The zero-order valence-electron chi connectivity index (χ0n) is 8.18. The topological polar surface area (TPSA) is 17.1 Å². The lowest BCUT2D eigenvalue weighted by atomic mass is 10.0. The van der Waals surface area contributed by atoms with Gasteiger partial charge in [-0.05, 0) is 31.6 Å². The Labute approximate surface area is 75.9 Å². The maximum Gasteiger partial charge on any atom is 0.198 e. The van der Waals surface area contributed by atoms with Gasteiger partial charge >= 0.3 is 0 Å². The lowest BCUT2D eigenvalue weighted by Gasteiger charge is -2.04. The molecule has 0 aliphatic rings. The van der Waals surface area contributed by atoms with Crippen LogP contribution in [0, 0.1) is 5.92 Å². The molecular weight excluding hydrogens is 148 g/mol. The fourth-order valence-electron chi connectivity index (χ4n) is 1.11. The van der Waals surface area contributed by atoms with Crippen molar-refractivity contribution >= 4 is 6.29 Å². The van der Waals surface area contributed by atoms with Crippen LogP contribution in [0.4, 0.5) is 0 Å². The van der Waals surface area contributed by atoms with Crippen LogP contribution in [-0.2, 0) is 4.79 Å². The SMILES string of the molecule is CCC=CCCCC(C)C[C]=O. The van der Waals surface area contributed by atoms with Crippen molar-refractivity contribution in [2.45, 2.75) is 46.0 Å². The molecule has 0 N–H and O–H groups in total. The Morgan fingerprint density at radius 2 is 2.17 bits per heavy atom. The highest BCUT2D eigenvalue weighted by atomic mass is 16.1. The third-order valence-electron chi connectivity index (χ3n) is 1.90. The van der Waals surface area contributed by atoms with Gasteiger partial charge < -0.3 is 0 Å². The summed E-state index contributed by atoms with van der Waals surface area (Å²) in [5, 5.41) is 0. The van der Waals surface area contributed by atoms with Crippen molar-refractivity contribution in [3.05, 3.63) is 12.2 Å². The predicted octanol–water partition coefficient (Wildman–Crippen LogP) is 3.26. The number of hydrogen-bond acceptors (Lipinski definition) is 1. The Bertz CT molecular complexity index is 127. The Balaban J connectivity index is 3.18. The quantitative estimate of drug-likeness (QED) is 0.420. The summed E-state index contributed by atoms with van der Waals surface area (Å²) in [6.45, 7) is 4.24. The monoisotopic (exact) mass is 167 g/mol. The second kappa shape index (κ2) is 8.51. The van der Waals surface area contributed by atoms with Crippen LogP contribution in [0.25, 0.3) is 0 Å². The average Bonchev–Trinajstić information content (AvgIpc) is 2.05. The van der Waals surface area contributed by atoms with Crippen LogP contribution < -0.4 is 0 Å². The van der Waals surface area contributed by atoms with E-state index in [0.717, 1.165) is 19.3 Å². The van der Waals surface area contributed by atoms with Gasteiger partial charge in [-0.2, -0.15) is 0 Å². The second-order valence-corrected chi connectivity index (χ2v) is 3.26. The molecule has 0 rings (SSSR count). The molecular formula is C11H19O. The van der Waals surface area contributed by atoms with E-state index >= 15 is 0 Å². The molecule has 1 heteroatoms. The van der Waals surface area contributed by atoms with E-state index in [9.17, 15) is 4.79 Å². The highest BCUT2D eigenvalue weighted by molar-refractivity contribution is 5.50. The number of allylic oxidation sites excluding steroid dienone is 2. The molecule has 0 bridgehead atoms. The minimum absolute atomic E-state index is 0.512. The van der Waals surface area contributed by atoms with Crippen molar-refractivity contribution in [2.75, 3.05) is 0 Å². The van der Waals surface area contributed by atoms with Gasteiger partial charge in [0, 0.05) is 6.42 Å². The number of rotatable bonds is 7. The van der Waals surface area contributed by atoms with Crippen molar-refractivity contribution in [3.8, 4) is 0 Å². The van der Waals surface area contributed by atoms with E-state index in [2.05, 4.69) is 26.0 Å². The Hall–Kier alpha value is -0.590. The average molecular weight is 167 g/mol.